The van der Waals surface area contributed by atoms with Crippen molar-refractivity contribution in [1.29, 1.82) is 0 Å². The van der Waals surface area contributed by atoms with E-state index < -0.39 is 5.25 Å². The average molecular weight is 424 g/mol. The van der Waals surface area contributed by atoms with E-state index in [1.54, 1.807) is 54.2 Å². The Morgan fingerprint density at radius 1 is 1.23 bits per heavy atom. The number of para-hydroxylation sites is 1. The molecule has 0 aliphatic rings. The molecule has 0 aliphatic carbocycles. The van der Waals surface area contributed by atoms with Crippen molar-refractivity contribution in [1.82, 2.24) is 9.55 Å². The Balaban J connectivity index is 1.92. The number of carbonyl (C=O) groups is 1. The van der Waals surface area contributed by atoms with Crippen LogP contribution in [0.3, 0.4) is 0 Å². The van der Waals surface area contributed by atoms with E-state index in [2.05, 4.69) is 16.9 Å². The topological polar surface area (TPSA) is 73.2 Å². The molecule has 1 unspecified atom stereocenters. The molecule has 30 heavy (non-hydrogen) atoms. The number of nitrogens with zero attached hydrogens (tertiary/aromatic N) is 2. The van der Waals surface area contributed by atoms with Gasteiger partial charge in [0.2, 0.25) is 5.91 Å². The number of hydrogen-bond acceptors (Lipinski definition) is 5. The van der Waals surface area contributed by atoms with Crippen molar-refractivity contribution in [2.45, 2.75) is 30.8 Å². The van der Waals surface area contributed by atoms with E-state index in [1.165, 1.54) is 11.8 Å². The summed E-state index contributed by atoms with van der Waals surface area (Å²) < 4.78 is 6.72. The zero-order valence-corrected chi connectivity index (χ0v) is 18.1. The molecule has 1 atom stereocenters. The Morgan fingerprint density at radius 2 is 1.93 bits per heavy atom. The third-order valence-corrected chi connectivity index (χ3v) is 6.13. The van der Waals surface area contributed by atoms with Gasteiger partial charge in [0.05, 0.1) is 23.3 Å². The van der Waals surface area contributed by atoms with Crippen molar-refractivity contribution in [2.75, 3.05) is 12.4 Å². The van der Waals surface area contributed by atoms with Crippen LogP contribution >= 0.6 is 11.8 Å². The lowest BCUT2D eigenvalue weighted by atomic mass is 10.1. The van der Waals surface area contributed by atoms with Crippen molar-refractivity contribution in [2.24, 2.45) is 5.92 Å². The van der Waals surface area contributed by atoms with Crippen LogP contribution in [0.15, 0.2) is 71.1 Å². The molecule has 2 aromatic carbocycles. The van der Waals surface area contributed by atoms with Gasteiger partial charge in [0, 0.05) is 12.2 Å². The monoisotopic (exact) mass is 423 g/mol. The van der Waals surface area contributed by atoms with Crippen LogP contribution in [0.5, 0.6) is 5.75 Å². The summed E-state index contributed by atoms with van der Waals surface area (Å²) in [5.41, 5.74) is 1.16. The third-order valence-electron chi connectivity index (χ3n) is 4.59. The summed E-state index contributed by atoms with van der Waals surface area (Å²) in [5, 5.41) is 3.56. The average Bonchev–Trinajstić information content (AvgIpc) is 2.74. The van der Waals surface area contributed by atoms with Crippen LogP contribution in [0.25, 0.3) is 10.9 Å². The number of allylic oxidation sites excluding steroid dienone is 1. The number of aromatic nitrogens is 2. The molecule has 0 saturated carbocycles. The number of nitrogens with one attached hydrogen (secondary N) is 1. The van der Waals surface area contributed by atoms with Crippen LogP contribution in [0, 0.1) is 5.92 Å². The molecular weight excluding hydrogens is 398 g/mol. The van der Waals surface area contributed by atoms with Crippen molar-refractivity contribution in [3.63, 3.8) is 0 Å². The molecule has 1 heterocycles. The predicted octanol–water partition coefficient (Wildman–Crippen LogP) is 4.35. The first-order chi connectivity index (χ1) is 14.4. The van der Waals surface area contributed by atoms with Gasteiger partial charge in [0.15, 0.2) is 5.16 Å². The molecule has 0 aliphatic heterocycles. The molecule has 1 N–H and O–H groups in total. The number of benzene rings is 2. The van der Waals surface area contributed by atoms with Crippen molar-refractivity contribution >= 4 is 34.3 Å². The minimum atomic E-state index is -0.434. The van der Waals surface area contributed by atoms with E-state index in [0.29, 0.717) is 28.3 Å². The fourth-order valence-corrected chi connectivity index (χ4v) is 4.12. The van der Waals surface area contributed by atoms with Gasteiger partial charge < -0.3 is 10.1 Å². The van der Waals surface area contributed by atoms with Gasteiger partial charge >= 0.3 is 0 Å². The fourth-order valence-electron chi connectivity index (χ4n) is 3.02. The highest BCUT2D eigenvalue weighted by atomic mass is 32.2. The Labute approximate surface area is 180 Å². The summed E-state index contributed by atoms with van der Waals surface area (Å²) >= 11 is 1.29. The molecule has 0 fully saturated rings. The zero-order chi connectivity index (χ0) is 21.7. The SMILES string of the molecule is C=CCn1c(SC(C(=O)Nc2ccc(OC)cc2)C(C)C)nc2ccccc2c1=O. The molecule has 7 heteroatoms. The maximum absolute atomic E-state index is 13.0. The second kappa shape index (κ2) is 9.63. The second-order valence-electron chi connectivity index (χ2n) is 7.12. The molecule has 1 aromatic heterocycles. The highest BCUT2D eigenvalue weighted by Gasteiger charge is 2.26. The minimum absolute atomic E-state index is 0.0220. The van der Waals surface area contributed by atoms with Crippen LogP contribution in [0.1, 0.15) is 13.8 Å². The lowest BCUT2D eigenvalue weighted by Crippen LogP contribution is -2.31. The van der Waals surface area contributed by atoms with Crippen LogP contribution in [-0.4, -0.2) is 27.8 Å². The van der Waals surface area contributed by atoms with Gasteiger partial charge in [-0.15, -0.1) is 6.58 Å². The van der Waals surface area contributed by atoms with E-state index in [0.717, 1.165) is 5.75 Å². The Bertz CT molecular complexity index is 1110. The van der Waals surface area contributed by atoms with E-state index >= 15 is 0 Å². The van der Waals surface area contributed by atoms with Crippen LogP contribution in [0.2, 0.25) is 0 Å². The first-order valence-electron chi connectivity index (χ1n) is 9.66. The van der Waals surface area contributed by atoms with Crippen molar-refractivity contribution < 1.29 is 9.53 Å². The van der Waals surface area contributed by atoms with Gasteiger partial charge in [0.25, 0.3) is 5.56 Å². The molecule has 0 bridgehead atoms. The Hall–Kier alpha value is -3.06. The number of fused-ring (bicyclic) bond motifs is 1. The number of hydrogen-bond donors (Lipinski definition) is 1. The van der Waals surface area contributed by atoms with E-state index in [-0.39, 0.29) is 17.4 Å². The van der Waals surface area contributed by atoms with Crippen molar-refractivity contribution in [3.05, 3.63) is 71.5 Å². The maximum Gasteiger partial charge on any atom is 0.262 e. The predicted molar refractivity (Wildman–Crippen MR) is 122 cm³/mol. The zero-order valence-electron chi connectivity index (χ0n) is 17.3. The summed E-state index contributed by atoms with van der Waals surface area (Å²) in [5.74, 6) is 0.595. The van der Waals surface area contributed by atoms with Crippen LogP contribution in [-0.2, 0) is 11.3 Å². The molecule has 1 amide bonds. The molecule has 156 valence electrons. The molecule has 0 spiro atoms. The number of anilines is 1. The Kier molecular flexibility index (Phi) is 6.95. The molecule has 3 aromatic rings. The molecule has 0 radical (unpaired) electrons. The maximum atomic E-state index is 13.0. The van der Waals surface area contributed by atoms with E-state index in [9.17, 15) is 9.59 Å². The highest BCUT2D eigenvalue weighted by molar-refractivity contribution is 8.00. The molecule has 6 nitrogen and oxygen atoms in total. The van der Waals surface area contributed by atoms with Crippen LogP contribution in [0.4, 0.5) is 5.69 Å². The van der Waals surface area contributed by atoms with Gasteiger partial charge in [-0.3, -0.25) is 14.2 Å². The summed E-state index contributed by atoms with van der Waals surface area (Å²) in [6.07, 6.45) is 1.66. The third kappa shape index (κ3) is 4.74. The number of thioether (sulfide) groups is 1. The second-order valence-corrected chi connectivity index (χ2v) is 8.22. The molecular formula is C23H25N3O3S. The molecule has 0 saturated heterocycles. The van der Waals surface area contributed by atoms with Crippen molar-refractivity contribution in [3.8, 4) is 5.75 Å². The van der Waals surface area contributed by atoms with E-state index in [1.807, 2.05) is 26.0 Å². The smallest absolute Gasteiger partial charge is 0.262 e. The molecule has 3 rings (SSSR count). The van der Waals surface area contributed by atoms with Gasteiger partial charge in [-0.1, -0.05) is 43.8 Å². The lowest BCUT2D eigenvalue weighted by molar-refractivity contribution is -0.116. The Morgan fingerprint density at radius 3 is 2.57 bits per heavy atom. The summed E-state index contributed by atoms with van der Waals surface area (Å²) in [6, 6.07) is 14.4. The number of ether oxygens (including phenoxy) is 1. The highest BCUT2D eigenvalue weighted by Crippen LogP contribution is 2.29. The first kappa shape index (κ1) is 21.6. The number of amides is 1. The van der Waals surface area contributed by atoms with Gasteiger partial charge in [0.1, 0.15) is 5.75 Å². The summed E-state index contributed by atoms with van der Waals surface area (Å²) in [4.78, 5) is 30.7. The number of methoxy groups -OCH3 is 1. The summed E-state index contributed by atoms with van der Waals surface area (Å²) in [6.45, 7) is 8.02. The first-order valence-corrected chi connectivity index (χ1v) is 10.5. The van der Waals surface area contributed by atoms with Gasteiger partial charge in [-0.05, 0) is 42.3 Å². The minimum Gasteiger partial charge on any atom is -0.497 e. The van der Waals surface area contributed by atoms with Gasteiger partial charge in [-0.2, -0.15) is 0 Å². The summed E-state index contributed by atoms with van der Waals surface area (Å²) in [7, 11) is 1.60. The quantitative estimate of drug-likeness (QED) is 0.331. The normalized spacial score (nSPS) is 12.0. The number of carbonyl (C=O) groups excluding carboxylic acids is 1. The number of rotatable bonds is 8. The lowest BCUT2D eigenvalue weighted by Gasteiger charge is -2.21. The standard InChI is InChI=1S/C23H25N3O3S/c1-5-14-26-22(28)18-8-6-7-9-19(18)25-23(26)30-20(15(2)3)21(27)24-16-10-12-17(29-4)13-11-16/h5-13,15,20H,1,14H2,2-4H3,(H,24,27). The van der Waals surface area contributed by atoms with E-state index in [4.69, 9.17) is 4.74 Å². The van der Waals surface area contributed by atoms with Crippen LogP contribution < -0.4 is 15.6 Å². The fraction of sp³-hybridized carbons (Fsp3) is 0.261. The largest absolute Gasteiger partial charge is 0.497 e. The van der Waals surface area contributed by atoms with Gasteiger partial charge in [-0.25, -0.2) is 4.98 Å².